The second-order valence-corrected chi connectivity index (χ2v) is 7.74. The van der Waals surface area contributed by atoms with Crippen molar-refractivity contribution >= 4 is 11.6 Å². The third-order valence-electron chi connectivity index (χ3n) is 5.42. The molecule has 1 N–H and O–H groups in total. The first kappa shape index (κ1) is 19.3. The van der Waals surface area contributed by atoms with E-state index in [0.717, 1.165) is 50.1 Å². The van der Waals surface area contributed by atoms with Crippen molar-refractivity contribution in [2.45, 2.75) is 25.8 Å². The summed E-state index contributed by atoms with van der Waals surface area (Å²) in [5.74, 6) is 0.551. The lowest BCUT2D eigenvalue weighted by Crippen LogP contribution is -2.41. The van der Waals surface area contributed by atoms with Crippen molar-refractivity contribution in [3.05, 3.63) is 78.1 Å². The summed E-state index contributed by atoms with van der Waals surface area (Å²) in [5.41, 5.74) is 3.27. The van der Waals surface area contributed by atoms with Gasteiger partial charge in [0.2, 0.25) is 5.91 Å². The highest BCUT2D eigenvalue weighted by molar-refractivity contribution is 5.93. The van der Waals surface area contributed by atoms with Crippen molar-refractivity contribution < 1.29 is 4.79 Å². The minimum absolute atomic E-state index is 0.0481. The van der Waals surface area contributed by atoms with Crippen molar-refractivity contribution in [1.29, 1.82) is 0 Å². The van der Waals surface area contributed by atoms with Crippen LogP contribution in [0.2, 0.25) is 0 Å². The number of nitrogens with zero attached hydrogens (tertiary/aromatic N) is 4. The van der Waals surface area contributed by atoms with Crippen LogP contribution < -0.4 is 5.32 Å². The maximum atomic E-state index is 12.7. The summed E-state index contributed by atoms with van der Waals surface area (Å²) < 4.78 is 1.88. The van der Waals surface area contributed by atoms with Crippen LogP contribution in [-0.4, -0.2) is 45.4 Å². The van der Waals surface area contributed by atoms with Gasteiger partial charge in [0, 0.05) is 25.0 Å². The second-order valence-electron chi connectivity index (χ2n) is 7.74. The summed E-state index contributed by atoms with van der Waals surface area (Å²) >= 11 is 0. The van der Waals surface area contributed by atoms with Crippen LogP contribution in [0.4, 0.5) is 5.69 Å². The predicted octanol–water partition coefficient (Wildman–Crippen LogP) is 3.22. The van der Waals surface area contributed by atoms with E-state index in [4.69, 9.17) is 0 Å². The second kappa shape index (κ2) is 9.47. The van der Waals surface area contributed by atoms with E-state index < -0.39 is 0 Å². The van der Waals surface area contributed by atoms with Crippen molar-refractivity contribution in [3.63, 3.8) is 0 Å². The Balaban J connectivity index is 1.34. The summed E-state index contributed by atoms with van der Waals surface area (Å²) in [5, 5.41) is 11.1. The smallest absolute Gasteiger partial charge is 0.238 e. The van der Waals surface area contributed by atoms with Crippen molar-refractivity contribution in [2.24, 2.45) is 5.92 Å². The van der Waals surface area contributed by atoms with Crippen molar-refractivity contribution in [1.82, 2.24) is 19.9 Å². The highest BCUT2D eigenvalue weighted by atomic mass is 16.2. The first-order valence-corrected chi connectivity index (χ1v) is 10.2. The van der Waals surface area contributed by atoms with Gasteiger partial charge in [0.25, 0.3) is 0 Å². The molecule has 3 aromatic rings. The highest BCUT2D eigenvalue weighted by Crippen LogP contribution is 2.20. The molecule has 1 aromatic heterocycles. The van der Waals surface area contributed by atoms with E-state index in [2.05, 4.69) is 38.7 Å². The molecule has 1 unspecified atom stereocenters. The molecule has 0 radical (unpaired) electrons. The molecule has 1 aliphatic heterocycles. The van der Waals surface area contributed by atoms with E-state index in [0.29, 0.717) is 12.5 Å². The molecule has 4 rings (SSSR count). The van der Waals surface area contributed by atoms with Crippen LogP contribution in [0.5, 0.6) is 0 Å². The molecule has 0 bridgehead atoms. The minimum atomic E-state index is 0.0481. The first-order valence-electron chi connectivity index (χ1n) is 10.2. The molecule has 2 aromatic carbocycles. The zero-order valence-corrected chi connectivity index (χ0v) is 16.6. The number of rotatable bonds is 7. The Bertz CT molecular complexity index is 910. The van der Waals surface area contributed by atoms with E-state index in [-0.39, 0.29) is 5.91 Å². The first-order chi connectivity index (χ1) is 14.3. The lowest BCUT2D eigenvalue weighted by molar-refractivity contribution is -0.117. The van der Waals surface area contributed by atoms with Gasteiger partial charge < -0.3 is 5.32 Å². The van der Waals surface area contributed by atoms with Gasteiger partial charge >= 0.3 is 0 Å². The highest BCUT2D eigenvalue weighted by Gasteiger charge is 2.22. The van der Waals surface area contributed by atoms with Crippen LogP contribution in [0.3, 0.4) is 0 Å². The third-order valence-corrected chi connectivity index (χ3v) is 5.42. The number of carbonyl (C=O) groups excluding carboxylic acids is 1. The average Bonchev–Trinajstić information content (AvgIpc) is 3.23. The number of piperidine rings is 1. The molecule has 1 saturated heterocycles. The molecule has 150 valence electrons. The van der Waals surface area contributed by atoms with Crippen LogP contribution in [0.15, 0.2) is 67.0 Å². The Morgan fingerprint density at radius 1 is 1.10 bits per heavy atom. The molecule has 6 heteroatoms. The van der Waals surface area contributed by atoms with Gasteiger partial charge in [0.15, 0.2) is 0 Å². The van der Waals surface area contributed by atoms with Gasteiger partial charge in [-0.1, -0.05) is 53.7 Å². The number of carbonyl (C=O) groups is 1. The van der Waals surface area contributed by atoms with Crippen LogP contribution in [0.25, 0.3) is 0 Å². The Labute approximate surface area is 171 Å². The Kier molecular flexibility index (Phi) is 6.32. The van der Waals surface area contributed by atoms with Gasteiger partial charge in [-0.15, -0.1) is 5.10 Å². The molecule has 6 nitrogen and oxygen atoms in total. The van der Waals surface area contributed by atoms with Gasteiger partial charge in [-0.25, -0.2) is 0 Å². The summed E-state index contributed by atoms with van der Waals surface area (Å²) in [6, 6.07) is 18.4. The molecule has 1 aliphatic rings. The van der Waals surface area contributed by atoms with Crippen molar-refractivity contribution in [2.75, 3.05) is 25.0 Å². The van der Waals surface area contributed by atoms with Gasteiger partial charge in [0.1, 0.15) is 0 Å². The number of anilines is 1. The van der Waals surface area contributed by atoms with Gasteiger partial charge in [-0.2, -0.15) is 0 Å². The predicted molar refractivity (Wildman–Crippen MR) is 114 cm³/mol. The van der Waals surface area contributed by atoms with Crippen LogP contribution in [0.1, 0.15) is 24.0 Å². The maximum absolute atomic E-state index is 12.7. The fourth-order valence-electron chi connectivity index (χ4n) is 4.04. The maximum Gasteiger partial charge on any atom is 0.238 e. The van der Waals surface area contributed by atoms with Crippen LogP contribution >= 0.6 is 0 Å². The van der Waals surface area contributed by atoms with E-state index in [1.54, 1.807) is 6.20 Å². The third kappa shape index (κ3) is 5.51. The number of hydrogen-bond acceptors (Lipinski definition) is 4. The summed E-state index contributed by atoms with van der Waals surface area (Å²) in [6.45, 7) is 3.16. The lowest BCUT2D eigenvalue weighted by atomic mass is 9.98. The zero-order valence-electron chi connectivity index (χ0n) is 16.6. The Morgan fingerprint density at radius 3 is 2.76 bits per heavy atom. The van der Waals surface area contributed by atoms with E-state index in [9.17, 15) is 4.79 Å². The standard InChI is InChI=1S/C23H27N5O/c29-23(18-27-13-6-9-20(16-27)17-28-14-12-24-26-28)25-22-11-5-4-10-21(22)15-19-7-2-1-3-8-19/h1-5,7-8,10-12,14,20H,6,9,13,15-18H2,(H,25,29). The van der Waals surface area contributed by atoms with Gasteiger partial charge in [-0.3, -0.25) is 14.4 Å². The molecular formula is C23H27N5O. The number of amides is 1. The molecule has 0 saturated carbocycles. The van der Waals surface area contributed by atoms with E-state index in [1.807, 2.05) is 47.3 Å². The van der Waals surface area contributed by atoms with Gasteiger partial charge in [-0.05, 0) is 48.9 Å². The van der Waals surface area contributed by atoms with Crippen molar-refractivity contribution in [3.8, 4) is 0 Å². The summed E-state index contributed by atoms with van der Waals surface area (Å²) in [7, 11) is 0. The Hall–Kier alpha value is -2.99. The number of para-hydroxylation sites is 1. The summed E-state index contributed by atoms with van der Waals surface area (Å²) in [6.07, 6.45) is 6.69. The molecule has 2 heterocycles. The number of hydrogen-bond donors (Lipinski definition) is 1. The Morgan fingerprint density at radius 2 is 1.93 bits per heavy atom. The van der Waals surface area contributed by atoms with E-state index >= 15 is 0 Å². The van der Waals surface area contributed by atoms with E-state index in [1.165, 1.54) is 5.56 Å². The number of nitrogens with one attached hydrogen (secondary N) is 1. The normalized spacial score (nSPS) is 17.2. The molecule has 1 fully saturated rings. The minimum Gasteiger partial charge on any atom is -0.325 e. The fourth-order valence-corrected chi connectivity index (χ4v) is 4.04. The molecule has 29 heavy (non-hydrogen) atoms. The monoisotopic (exact) mass is 389 g/mol. The fraction of sp³-hybridized carbons (Fsp3) is 0.348. The van der Waals surface area contributed by atoms with Crippen LogP contribution in [0, 0.1) is 5.92 Å². The average molecular weight is 390 g/mol. The topological polar surface area (TPSA) is 63.1 Å². The molecule has 1 atom stereocenters. The van der Waals surface area contributed by atoms with Crippen LogP contribution in [-0.2, 0) is 17.8 Å². The molecular weight excluding hydrogens is 362 g/mol. The number of likely N-dealkylation sites (tertiary alicyclic amines) is 1. The number of aromatic nitrogens is 3. The summed E-state index contributed by atoms with van der Waals surface area (Å²) in [4.78, 5) is 15.0. The number of benzene rings is 2. The SMILES string of the molecule is O=C(CN1CCCC(Cn2ccnn2)C1)Nc1ccccc1Cc1ccccc1. The zero-order chi connectivity index (χ0) is 19.9. The lowest BCUT2D eigenvalue weighted by Gasteiger charge is -2.32. The quantitative estimate of drug-likeness (QED) is 0.674. The molecule has 1 amide bonds. The molecule has 0 spiro atoms. The van der Waals surface area contributed by atoms with Gasteiger partial charge in [0.05, 0.1) is 12.7 Å². The molecule has 0 aliphatic carbocycles. The largest absolute Gasteiger partial charge is 0.325 e.